The third kappa shape index (κ3) is 1.88. The highest BCUT2D eigenvalue weighted by molar-refractivity contribution is 9.10. The van der Waals surface area contributed by atoms with E-state index in [4.69, 9.17) is 11.6 Å². The van der Waals surface area contributed by atoms with Gasteiger partial charge in [0.2, 0.25) is 0 Å². The molecule has 2 rings (SSSR count). The van der Waals surface area contributed by atoms with Gasteiger partial charge in [0.1, 0.15) is 0 Å². The number of pyridine rings is 1. The van der Waals surface area contributed by atoms with Crippen LogP contribution in [-0.2, 0) is 6.42 Å². The molecule has 0 fully saturated rings. The maximum atomic E-state index is 6.26. The van der Waals surface area contributed by atoms with E-state index < -0.39 is 0 Å². The molecule has 0 amide bonds. The molecule has 0 aliphatic heterocycles. The fraction of sp³-hybridized carbons (Fsp3) is 0.250. The van der Waals surface area contributed by atoms with Crippen LogP contribution in [0.15, 0.2) is 22.7 Å². The second-order valence-electron chi connectivity index (χ2n) is 3.54. The highest BCUT2D eigenvalue weighted by atomic mass is 79.9. The fourth-order valence-corrected chi connectivity index (χ4v) is 2.44. The summed E-state index contributed by atoms with van der Waals surface area (Å²) in [4.78, 5) is 4.58. The molecule has 3 heteroatoms. The van der Waals surface area contributed by atoms with E-state index in [1.807, 2.05) is 25.1 Å². The molecule has 1 aromatic heterocycles. The van der Waals surface area contributed by atoms with E-state index in [0.717, 1.165) is 38.1 Å². The standard InChI is InChI=1S/C12H11BrClN/c1-3-8-6-10(14)11-7(2)4-5-9(13)12(11)15-8/h4-6H,3H2,1-2H3. The number of fused-ring (bicyclic) bond motifs is 1. The molecule has 0 saturated heterocycles. The van der Waals surface area contributed by atoms with Crippen LogP contribution < -0.4 is 0 Å². The zero-order chi connectivity index (χ0) is 11.0. The average molecular weight is 285 g/mol. The topological polar surface area (TPSA) is 12.9 Å². The number of rotatable bonds is 1. The van der Waals surface area contributed by atoms with E-state index in [1.54, 1.807) is 0 Å². The predicted octanol–water partition coefficient (Wildman–Crippen LogP) is 4.52. The number of nitrogens with zero attached hydrogens (tertiary/aromatic N) is 1. The Bertz CT molecular complexity index is 523. The lowest BCUT2D eigenvalue weighted by atomic mass is 10.1. The van der Waals surface area contributed by atoms with E-state index >= 15 is 0 Å². The molecule has 0 atom stereocenters. The maximum absolute atomic E-state index is 6.26. The third-order valence-electron chi connectivity index (χ3n) is 2.49. The Labute approximate surface area is 103 Å². The number of aromatic nitrogens is 1. The van der Waals surface area contributed by atoms with Crippen LogP contribution in [0.3, 0.4) is 0 Å². The van der Waals surface area contributed by atoms with Crippen molar-refractivity contribution in [2.75, 3.05) is 0 Å². The first-order valence-corrected chi connectivity index (χ1v) is 6.04. The zero-order valence-electron chi connectivity index (χ0n) is 8.64. The molecule has 78 valence electrons. The Kier molecular flexibility index (Phi) is 2.98. The SMILES string of the molecule is CCc1cc(Cl)c2c(C)ccc(Br)c2n1. The number of hydrogen-bond acceptors (Lipinski definition) is 1. The van der Waals surface area contributed by atoms with Crippen LogP contribution in [0.2, 0.25) is 5.02 Å². The van der Waals surface area contributed by atoms with Gasteiger partial charge in [-0.1, -0.05) is 24.6 Å². The molecular weight excluding hydrogens is 273 g/mol. The molecule has 0 bridgehead atoms. The van der Waals surface area contributed by atoms with E-state index in [2.05, 4.69) is 27.8 Å². The Morgan fingerprint density at radius 3 is 2.80 bits per heavy atom. The Morgan fingerprint density at radius 1 is 1.40 bits per heavy atom. The van der Waals surface area contributed by atoms with Crippen LogP contribution in [0, 0.1) is 6.92 Å². The van der Waals surface area contributed by atoms with Crippen LogP contribution in [-0.4, -0.2) is 4.98 Å². The van der Waals surface area contributed by atoms with E-state index in [1.165, 1.54) is 0 Å². The van der Waals surface area contributed by atoms with Gasteiger partial charge < -0.3 is 0 Å². The number of aryl methyl sites for hydroxylation is 2. The molecule has 0 saturated carbocycles. The molecule has 0 unspecified atom stereocenters. The zero-order valence-corrected chi connectivity index (χ0v) is 11.0. The van der Waals surface area contributed by atoms with Gasteiger partial charge in [0.25, 0.3) is 0 Å². The number of halogens is 2. The average Bonchev–Trinajstić information content (AvgIpc) is 2.23. The van der Waals surface area contributed by atoms with Crippen molar-refractivity contribution in [3.8, 4) is 0 Å². The summed E-state index contributed by atoms with van der Waals surface area (Å²) in [6, 6.07) is 6.01. The highest BCUT2D eigenvalue weighted by Gasteiger charge is 2.08. The lowest BCUT2D eigenvalue weighted by molar-refractivity contribution is 1.06. The van der Waals surface area contributed by atoms with Crippen molar-refractivity contribution < 1.29 is 0 Å². The van der Waals surface area contributed by atoms with Crippen molar-refractivity contribution in [1.29, 1.82) is 0 Å². The van der Waals surface area contributed by atoms with Crippen molar-refractivity contribution in [2.45, 2.75) is 20.3 Å². The summed E-state index contributed by atoms with van der Waals surface area (Å²) >= 11 is 9.76. The molecule has 15 heavy (non-hydrogen) atoms. The normalized spacial score (nSPS) is 10.9. The van der Waals surface area contributed by atoms with Crippen molar-refractivity contribution >= 4 is 38.4 Å². The van der Waals surface area contributed by atoms with Crippen LogP contribution in [0.4, 0.5) is 0 Å². The van der Waals surface area contributed by atoms with E-state index in [-0.39, 0.29) is 0 Å². The first kappa shape index (κ1) is 10.9. The van der Waals surface area contributed by atoms with Gasteiger partial charge in [-0.25, -0.2) is 0 Å². The fourth-order valence-electron chi connectivity index (χ4n) is 1.65. The summed E-state index contributed by atoms with van der Waals surface area (Å²) in [5.74, 6) is 0. The van der Waals surface area contributed by atoms with Crippen molar-refractivity contribution in [1.82, 2.24) is 4.98 Å². The Balaban J connectivity index is 2.90. The minimum absolute atomic E-state index is 0.788. The van der Waals surface area contributed by atoms with Gasteiger partial charge in [0.15, 0.2) is 0 Å². The number of benzene rings is 1. The highest BCUT2D eigenvalue weighted by Crippen LogP contribution is 2.31. The Morgan fingerprint density at radius 2 is 2.13 bits per heavy atom. The van der Waals surface area contributed by atoms with Gasteiger partial charge in [-0.2, -0.15) is 0 Å². The second-order valence-corrected chi connectivity index (χ2v) is 4.80. The van der Waals surface area contributed by atoms with E-state index in [0.29, 0.717) is 0 Å². The molecule has 1 heterocycles. The van der Waals surface area contributed by atoms with Gasteiger partial charge in [0, 0.05) is 15.6 Å². The van der Waals surface area contributed by atoms with E-state index in [9.17, 15) is 0 Å². The van der Waals surface area contributed by atoms with Crippen LogP contribution in [0.1, 0.15) is 18.2 Å². The lowest BCUT2D eigenvalue weighted by Gasteiger charge is -2.07. The quantitative estimate of drug-likeness (QED) is 0.750. The lowest BCUT2D eigenvalue weighted by Crippen LogP contribution is -1.91. The maximum Gasteiger partial charge on any atom is 0.0864 e. The third-order valence-corrected chi connectivity index (χ3v) is 3.42. The molecule has 0 spiro atoms. The van der Waals surface area contributed by atoms with Gasteiger partial charge in [-0.05, 0) is 47.0 Å². The molecule has 1 nitrogen and oxygen atoms in total. The van der Waals surface area contributed by atoms with Crippen molar-refractivity contribution in [3.05, 3.63) is 39.0 Å². The van der Waals surface area contributed by atoms with Crippen LogP contribution >= 0.6 is 27.5 Å². The molecule has 0 N–H and O–H groups in total. The molecule has 0 aliphatic rings. The summed E-state index contributed by atoms with van der Waals surface area (Å²) in [7, 11) is 0. The summed E-state index contributed by atoms with van der Waals surface area (Å²) < 4.78 is 1.00. The predicted molar refractivity (Wildman–Crippen MR) is 68.6 cm³/mol. The summed E-state index contributed by atoms with van der Waals surface area (Å²) in [5, 5.41) is 1.83. The number of hydrogen-bond donors (Lipinski definition) is 0. The van der Waals surface area contributed by atoms with Crippen LogP contribution in [0.5, 0.6) is 0 Å². The molecule has 0 aliphatic carbocycles. The van der Waals surface area contributed by atoms with Gasteiger partial charge in [-0.3, -0.25) is 4.98 Å². The summed E-state index contributed by atoms with van der Waals surface area (Å²) in [6.07, 6.45) is 0.899. The summed E-state index contributed by atoms with van der Waals surface area (Å²) in [6.45, 7) is 4.13. The monoisotopic (exact) mass is 283 g/mol. The van der Waals surface area contributed by atoms with Gasteiger partial charge >= 0.3 is 0 Å². The van der Waals surface area contributed by atoms with Gasteiger partial charge in [-0.15, -0.1) is 0 Å². The molecule has 1 aromatic carbocycles. The van der Waals surface area contributed by atoms with Crippen LogP contribution in [0.25, 0.3) is 10.9 Å². The minimum Gasteiger partial charge on any atom is -0.252 e. The minimum atomic E-state index is 0.788. The first-order chi connectivity index (χ1) is 7.13. The molecule has 2 aromatic rings. The second kappa shape index (κ2) is 4.11. The smallest absolute Gasteiger partial charge is 0.0864 e. The molecular formula is C12H11BrClN. The van der Waals surface area contributed by atoms with Gasteiger partial charge in [0.05, 0.1) is 10.5 Å². The first-order valence-electron chi connectivity index (χ1n) is 4.87. The summed E-state index contributed by atoms with van der Waals surface area (Å²) in [5.41, 5.74) is 3.14. The molecule has 0 radical (unpaired) electrons. The van der Waals surface area contributed by atoms with Crippen molar-refractivity contribution in [3.63, 3.8) is 0 Å². The van der Waals surface area contributed by atoms with Crippen molar-refractivity contribution in [2.24, 2.45) is 0 Å². The largest absolute Gasteiger partial charge is 0.252 e. The Hall–Kier alpha value is -0.600.